The smallest absolute Gasteiger partial charge is 0.226 e. The van der Waals surface area contributed by atoms with Gasteiger partial charge in [-0.3, -0.25) is 4.79 Å². The first-order chi connectivity index (χ1) is 9.06. The lowest BCUT2D eigenvalue weighted by Gasteiger charge is -2.22. The Morgan fingerprint density at radius 3 is 3.00 bits per heavy atom. The molecule has 0 saturated heterocycles. The SMILES string of the molecule is Nc1nc2c(s1)[C@@H](c1cccc(Cl)c1Cl)CC(=O)N2. The highest BCUT2D eigenvalue weighted by molar-refractivity contribution is 7.16. The first kappa shape index (κ1) is 12.7. The molecule has 0 radical (unpaired) electrons. The predicted octanol–water partition coefficient (Wildman–Crippen LogP) is 3.51. The molecule has 0 fully saturated rings. The third-order valence-corrected chi connectivity index (χ3v) is 4.82. The van der Waals surface area contributed by atoms with E-state index in [1.54, 1.807) is 6.07 Å². The minimum Gasteiger partial charge on any atom is -0.375 e. The molecular weight excluding hydrogens is 305 g/mol. The van der Waals surface area contributed by atoms with E-state index in [0.717, 1.165) is 10.4 Å². The van der Waals surface area contributed by atoms with Gasteiger partial charge in [0.1, 0.15) is 5.82 Å². The number of thiazole rings is 1. The summed E-state index contributed by atoms with van der Waals surface area (Å²) in [5.41, 5.74) is 6.54. The number of anilines is 2. The summed E-state index contributed by atoms with van der Waals surface area (Å²) < 4.78 is 0. The molecule has 7 heteroatoms. The zero-order chi connectivity index (χ0) is 13.6. The van der Waals surface area contributed by atoms with Gasteiger partial charge in [0.15, 0.2) is 5.13 Å². The molecule has 0 saturated carbocycles. The molecule has 2 heterocycles. The Morgan fingerprint density at radius 2 is 2.21 bits per heavy atom. The first-order valence-electron chi connectivity index (χ1n) is 5.56. The molecule has 0 spiro atoms. The number of rotatable bonds is 1. The van der Waals surface area contributed by atoms with Crippen molar-refractivity contribution in [1.82, 2.24) is 4.98 Å². The first-order valence-corrected chi connectivity index (χ1v) is 7.13. The molecule has 19 heavy (non-hydrogen) atoms. The van der Waals surface area contributed by atoms with Gasteiger partial charge in [-0.2, -0.15) is 0 Å². The van der Waals surface area contributed by atoms with Gasteiger partial charge in [-0.15, -0.1) is 0 Å². The zero-order valence-electron chi connectivity index (χ0n) is 9.61. The van der Waals surface area contributed by atoms with Crippen molar-refractivity contribution in [1.29, 1.82) is 0 Å². The molecule has 1 aromatic heterocycles. The van der Waals surface area contributed by atoms with Crippen LogP contribution in [0.3, 0.4) is 0 Å². The van der Waals surface area contributed by atoms with Crippen LogP contribution in [0, 0.1) is 0 Å². The van der Waals surface area contributed by atoms with Gasteiger partial charge in [0.05, 0.1) is 14.9 Å². The number of hydrogen-bond acceptors (Lipinski definition) is 4. The zero-order valence-corrected chi connectivity index (χ0v) is 11.9. The highest BCUT2D eigenvalue weighted by atomic mass is 35.5. The fourth-order valence-electron chi connectivity index (χ4n) is 2.18. The maximum absolute atomic E-state index is 11.8. The number of carbonyl (C=O) groups is 1. The number of amides is 1. The van der Waals surface area contributed by atoms with Crippen LogP contribution in [0.1, 0.15) is 22.8 Å². The molecule has 0 unspecified atom stereocenters. The van der Waals surface area contributed by atoms with Crippen LogP contribution in [0.5, 0.6) is 0 Å². The fourth-order valence-corrected chi connectivity index (χ4v) is 3.52. The second-order valence-corrected chi connectivity index (χ2v) is 6.06. The summed E-state index contributed by atoms with van der Waals surface area (Å²) >= 11 is 13.6. The Labute approximate surface area is 123 Å². The monoisotopic (exact) mass is 313 g/mol. The second-order valence-electron chi connectivity index (χ2n) is 4.21. The van der Waals surface area contributed by atoms with E-state index < -0.39 is 0 Å². The van der Waals surface area contributed by atoms with E-state index in [-0.39, 0.29) is 11.8 Å². The quantitative estimate of drug-likeness (QED) is 0.846. The van der Waals surface area contributed by atoms with Crippen molar-refractivity contribution in [3.05, 3.63) is 38.7 Å². The largest absolute Gasteiger partial charge is 0.375 e. The van der Waals surface area contributed by atoms with E-state index in [1.807, 2.05) is 12.1 Å². The van der Waals surface area contributed by atoms with Gasteiger partial charge < -0.3 is 11.1 Å². The van der Waals surface area contributed by atoms with Crippen molar-refractivity contribution in [2.45, 2.75) is 12.3 Å². The van der Waals surface area contributed by atoms with E-state index in [2.05, 4.69) is 10.3 Å². The number of nitrogens with zero attached hydrogens (tertiary/aromatic N) is 1. The maximum Gasteiger partial charge on any atom is 0.226 e. The average molecular weight is 314 g/mol. The summed E-state index contributed by atoms with van der Waals surface area (Å²) in [4.78, 5) is 16.8. The minimum atomic E-state index is -0.148. The van der Waals surface area contributed by atoms with Gasteiger partial charge in [-0.05, 0) is 11.6 Å². The van der Waals surface area contributed by atoms with Crippen LogP contribution in [0.15, 0.2) is 18.2 Å². The number of hydrogen-bond donors (Lipinski definition) is 2. The van der Waals surface area contributed by atoms with Gasteiger partial charge in [0.25, 0.3) is 0 Å². The predicted molar refractivity (Wildman–Crippen MR) is 78.1 cm³/mol. The summed E-state index contributed by atoms with van der Waals surface area (Å²) in [6, 6.07) is 5.41. The molecule has 4 nitrogen and oxygen atoms in total. The standard InChI is InChI=1S/C12H9Cl2N3OS/c13-7-3-1-2-5(9(7)14)6-4-8(18)16-11-10(6)19-12(15)17-11/h1-3,6H,4H2,(H2,15,17)(H,16,18)/t6-/m1/s1. The number of carbonyl (C=O) groups excluding carboxylic acids is 1. The normalized spacial score (nSPS) is 18.0. The molecule has 2 aromatic rings. The van der Waals surface area contributed by atoms with Crippen molar-refractivity contribution in [2.75, 3.05) is 11.1 Å². The van der Waals surface area contributed by atoms with E-state index in [0.29, 0.717) is 27.4 Å². The van der Waals surface area contributed by atoms with E-state index >= 15 is 0 Å². The summed E-state index contributed by atoms with van der Waals surface area (Å²) in [6.45, 7) is 0. The molecule has 1 aromatic carbocycles. The third kappa shape index (κ3) is 2.18. The average Bonchev–Trinajstić information content (AvgIpc) is 2.72. The van der Waals surface area contributed by atoms with Crippen LogP contribution in [0.4, 0.5) is 10.9 Å². The lowest BCUT2D eigenvalue weighted by Crippen LogP contribution is -2.22. The van der Waals surface area contributed by atoms with Gasteiger partial charge in [0.2, 0.25) is 5.91 Å². The van der Waals surface area contributed by atoms with E-state index in [9.17, 15) is 4.79 Å². The maximum atomic E-state index is 11.8. The topological polar surface area (TPSA) is 68.0 Å². The van der Waals surface area contributed by atoms with Crippen molar-refractivity contribution in [3.8, 4) is 0 Å². The Bertz CT molecular complexity index is 671. The summed E-state index contributed by atoms with van der Waals surface area (Å²) in [5.74, 6) is 0.281. The Hall–Kier alpha value is -1.30. The number of nitrogens with two attached hydrogens (primary N) is 1. The molecule has 0 aliphatic carbocycles. The number of benzene rings is 1. The number of aromatic nitrogens is 1. The summed E-state index contributed by atoms with van der Waals surface area (Å²) in [7, 11) is 0. The van der Waals surface area contributed by atoms with Gasteiger partial charge >= 0.3 is 0 Å². The van der Waals surface area contributed by atoms with Crippen LogP contribution >= 0.6 is 34.5 Å². The number of nitrogen functional groups attached to an aromatic ring is 1. The molecule has 0 bridgehead atoms. The van der Waals surface area contributed by atoms with E-state index in [4.69, 9.17) is 28.9 Å². The number of fused-ring (bicyclic) bond motifs is 1. The van der Waals surface area contributed by atoms with Crippen LogP contribution in [-0.4, -0.2) is 10.9 Å². The molecule has 3 rings (SSSR count). The van der Waals surface area contributed by atoms with Crippen LogP contribution < -0.4 is 11.1 Å². The third-order valence-electron chi connectivity index (χ3n) is 2.99. The van der Waals surface area contributed by atoms with Crippen molar-refractivity contribution in [2.24, 2.45) is 0 Å². The second kappa shape index (κ2) is 4.67. The van der Waals surface area contributed by atoms with Crippen LogP contribution in [0.25, 0.3) is 0 Å². The Kier molecular flexibility index (Phi) is 3.12. The van der Waals surface area contributed by atoms with Crippen molar-refractivity contribution >= 4 is 51.4 Å². The fraction of sp³-hybridized carbons (Fsp3) is 0.167. The highest BCUT2D eigenvalue weighted by Crippen LogP contribution is 2.44. The molecule has 1 amide bonds. The lowest BCUT2D eigenvalue weighted by atomic mass is 9.91. The number of nitrogens with one attached hydrogen (secondary N) is 1. The van der Waals surface area contributed by atoms with Gasteiger partial charge in [-0.1, -0.05) is 46.7 Å². The van der Waals surface area contributed by atoms with Gasteiger partial charge in [-0.25, -0.2) is 4.98 Å². The van der Waals surface area contributed by atoms with Crippen LogP contribution in [-0.2, 0) is 4.79 Å². The lowest BCUT2D eigenvalue weighted by molar-refractivity contribution is -0.116. The molecule has 98 valence electrons. The Balaban J connectivity index is 2.15. The molecule has 1 aliphatic rings. The van der Waals surface area contributed by atoms with Crippen molar-refractivity contribution in [3.63, 3.8) is 0 Å². The minimum absolute atomic E-state index is 0.0983. The van der Waals surface area contributed by atoms with Gasteiger partial charge in [0, 0.05) is 12.3 Å². The molecule has 1 aliphatic heterocycles. The molecule has 3 N–H and O–H groups in total. The van der Waals surface area contributed by atoms with Crippen LogP contribution in [0.2, 0.25) is 10.0 Å². The number of halogens is 2. The van der Waals surface area contributed by atoms with Crippen molar-refractivity contribution < 1.29 is 4.79 Å². The van der Waals surface area contributed by atoms with E-state index in [1.165, 1.54) is 11.3 Å². The highest BCUT2D eigenvalue weighted by Gasteiger charge is 2.31. The summed E-state index contributed by atoms with van der Waals surface area (Å²) in [6.07, 6.45) is 0.314. The summed E-state index contributed by atoms with van der Waals surface area (Å²) in [5, 5.41) is 4.10. The Morgan fingerprint density at radius 1 is 1.42 bits per heavy atom. The molecular formula is C12H9Cl2N3OS. The molecule has 1 atom stereocenters.